The number of carboxylic acid groups (broad SMARTS) is 1. The number of carbonyl (C=O) groups excluding carboxylic acids is 1. The highest BCUT2D eigenvalue weighted by Crippen LogP contribution is 2.39. The molecule has 1 aliphatic heterocycles. The molecular weight excluding hydrogens is 430 g/mol. The number of aryl methyl sites for hydroxylation is 2. The first-order valence-corrected chi connectivity index (χ1v) is 10.1. The lowest BCUT2D eigenvalue weighted by Gasteiger charge is -2.36. The highest BCUT2D eigenvalue weighted by Gasteiger charge is 2.43. The van der Waals surface area contributed by atoms with Crippen molar-refractivity contribution in [3.8, 4) is 0 Å². The van der Waals surface area contributed by atoms with Gasteiger partial charge in [-0.2, -0.15) is 0 Å². The molecule has 0 spiro atoms. The van der Waals surface area contributed by atoms with Crippen LogP contribution in [0.4, 0.5) is 20.2 Å². The van der Waals surface area contributed by atoms with Crippen molar-refractivity contribution in [2.75, 3.05) is 9.62 Å². The van der Waals surface area contributed by atoms with E-state index < -0.39 is 46.0 Å². The molecule has 0 bridgehead atoms. The van der Waals surface area contributed by atoms with Crippen LogP contribution in [0.2, 0.25) is 5.02 Å². The van der Waals surface area contributed by atoms with E-state index in [0.29, 0.717) is 27.0 Å². The molecule has 11 heteroatoms. The molecule has 0 aliphatic carbocycles. The summed E-state index contributed by atoms with van der Waals surface area (Å²) in [4.78, 5) is 23.5. The molecule has 2 aromatic rings. The van der Waals surface area contributed by atoms with Crippen LogP contribution in [-0.2, 0) is 19.6 Å². The first-order valence-electron chi connectivity index (χ1n) is 8.26. The summed E-state index contributed by atoms with van der Waals surface area (Å²) in [5, 5.41) is 11.7. The topological polar surface area (TPSA) is 104 Å². The summed E-state index contributed by atoms with van der Waals surface area (Å²) in [5.74, 6) is -5.06. The average molecular weight is 445 g/mol. The van der Waals surface area contributed by atoms with Crippen LogP contribution in [0.3, 0.4) is 0 Å². The smallest absolute Gasteiger partial charge is 0.306 e. The Morgan fingerprint density at radius 1 is 1.17 bits per heavy atom. The molecular formula is C18H15ClF2N2O5S. The number of rotatable bonds is 4. The fraction of sp³-hybridized carbons (Fsp3) is 0.222. The van der Waals surface area contributed by atoms with Crippen LogP contribution in [0.5, 0.6) is 0 Å². The summed E-state index contributed by atoms with van der Waals surface area (Å²) >= 11 is 6.02. The third kappa shape index (κ3) is 3.65. The molecule has 0 saturated carbocycles. The van der Waals surface area contributed by atoms with Crippen molar-refractivity contribution in [3.63, 3.8) is 0 Å². The molecule has 0 fully saturated rings. The number of carbonyl (C=O) groups is 2. The number of halogens is 3. The number of hydrogen-bond acceptors (Lipinski definition) is 4. The highest BCUT2D eigenvalue weighted by atomic mass is 35.5. The van der Waals surface area contributed by atoms with Gasteiger partial charge in [0.25, 0.3) is 10.0 Å². The zero-order valence-electron chi connectivity index (χ0n) is 15.2. The molecule has 0 saturated heterocycles. The number of fused-ring (bicyclic) bond motifs is 1. The number of carboxylic acids is 1. The van der Waals surface area contributed by atoms with Gasteiger partial charge in [-0.3, -0.25) is 13.9 Å². The molecule has 1 aliphatic rings. The van der Waals surface area contributed by atoms with Crippen molar-refractivity contribution in [2.24, 2.45) is 0 Å². The molecule has 0 aromatic heterocycles. The number of benzene rings is 2. The number of amides is 1. The van der Waals surface area contributed by atoms with Crippen molar-refractivity contribution in [3.05, 3.63) is 52.0 Å². The van der Waals surface area contributed by atoms with Crippen molar-refractivity contribution in [1.29, 1.82) is 0 Å². The Balaban J connectivity index is 2.30. The second-order valence-electron chi connectivity index (χ2n) is 6.55. The minimum absolute atomic E-state index is 0.236. The third-order valence-electron chi connectivity index (χ3n) is 4.48. The average Bonchev–Trinajstić information content (AvgIpc) is 2.60. The van der Waals surface area contributed by atoms with Crippen LogP contribution in [0.25, 0.3) is 0 Å². The second-order valence-corrected chi connectivity index (χ2v) is 8.74. The molecule has 1 heterocycles. The Hall–Kier alpha value is -2.72. The van der Waals surface area contributed by atoms with Gasteiger partial charge in [-0.1, -0.05) is 11.6 Å². The maximum atomic E-state index is 13.9. The summed E-state index contributed by atoms with van der Waals surface area (Å²) in [6.07, 6.45) is -0.880. The van der Waals surface area contributed by atoms with Crippen LogP contribution < -0.4 is 9.62 Å². The maximum absolute atomic E-state index is 13.9. The molecule has 7 nitrogen and oxygen atoms in total. The predicted molar refractivity (Wildman–Crippen MR) is 102 cm³/mol. The minimum Gasteiger partial charge on any atom is -0.481 e. The SMILES string of the molecule is Cc1cc(S(=O)(=O)N2c3cc(F)c(F)cc3NC(=O)C2CC(=O)O)c(C)cc1Cl. The van der Waals surface area contributed by atoms with E-state index in [4.69, 9.17) is 16.7 Å². The molecule has 0 radical (unpaired) electrons. The third-order valence-corrected chi connectivity index (χ3v) is 6.85. The van der Waals surface area contributed by atoms with Gasteiger partial charge in [0, 0.05) is 17.2 Å². The molecule has 1 amide bonds. The highest BCUT2D eigenvalue weighted by molar-refractivity contribution is 7.93. The van der Waals surface area contributed by atoms with Gasteiger partial charge in [-0.25, -0.2) is 17.2 Å². The van der Waals surface area contributed by atoms with Gasteiger partial charge in [0.1, 0.15) is 6.04 Å². The summed E-state index contributed by atoms with van der Waals surface area (Å²) in [6.45, 7) is 3.04. The number of aliphatic carboxylic acids is 1. The molecule has 2 N–H and O–H groups in total. The quantitative estimate of drug-likeness (QED) is 0.753. The zero-order valence-corrected chi connectivity index (χ0v) is 16.7. The van der Waals surface area contributed by atoms with E-state index in [9.17, 15) is 26.8 Å². The van der Waals surface area contributed by atoms with Crippen LogP contribution in [0, 0.1) is 25.5 Å². The van der Waals surface area contributed by atoms with E-state index in [1.54, 1.807) is 6.92 Å². The predicted octanol–water partition coefficient (Wildman–Crippen LogP) is 3.23. The minimum atomic E-state index is -4.54. The van der Waals surface area contributed by atoms with Gasteiger partial charge in [0.05, 0.1) is 22.7 Å². The van der Waals surface area contributed by atoms with Crippen molar-refractivity contribution < 1.29 is 31.9 Å². The van der Waals surface area contributed by atoms with Gasteiger partial charge in [-0.05, 0) is 37.1 Å². The summed E-state index contributed by atoms with van der Waals surface area (Å²) in [6, 6.07) is 2.23. The first-order chi connectivity index (χ1) is 13.4. The largest absolute Gasteiger partial charge is 0.481 e. The van der Waals surface area contributed by atoms with Gasteiger partial charge < -0.3 is 10.4 Å². The fourth-order valence-electron chi connectivity index (χ4n) is 3.09. The Morgan fingerprint density at radius 2 is 1.79 bits per heavy atom. The number of sulfonamides is 1. The lowest BCUT2D eigenvalue weighted by Crippen LogP contribution is -2.52. The second kappa shape index (κ2) is 7.27. The van der Waals surface area contributed by atoms with Crippen molar-refractivity contribution >= 4 is 44.9 Å². The van der Waals surface area contributed by atoms with Gasteiger partial charge >= 0.3 is 5.97 Å². The van der Waals surface area contributed by atoms with Crippen LogP contribution >= 0.6 is 11.6 Å². The number of anilines is 2. The van der Waals surface area contributed by atoms with E-state index in [1.807, 2.05) is 0 Å². The monoisotopic (exact) mass is 444 g/mol. The Bertz CT molecular complexity index is 1150. The van der Waals surface area contributed by atoms with E-state index >= 15 is 0 Å². The van der Waals surface area contributed by atoms with Crippen LogP contribution in [0.15, 0.2) is 29.2 Å². The molecule has 2 aromatic carbocycles. The maximum Gasteiger partial charge on any atom is 0.306 e. The van der Waals surface area contributed by atoms with Crippen molar-refractivity contribution in [2.45, 2.75) is 31.2 Å². The first kappa shape index (κ1) is 21.0. The lowest BCUT2D eigenvalue weighted by atomic mass is 10.1. The van der Waals surface area contributed by atoms with E-state index in [-0.39, 0.29) is 21.8 Å². The summed E-state index contributed by atoms with van der Waals surface area (Å²) < 4.78 is 55.0. The number of nitrogens with one attached hydrogen (secondary N) is 1. The van der Waals surface area contributed by atoms with Crippen LogP contribution in [-0.4, -0.2) is 31.4 Å². The molecule has 1 unspecified atom stereocenters. The van der Waals surface area contributed by atoms with Crippen molar-refractivity contribution in [1.82, 2.24) is 0 Å². The Kier molecular flexibility index (Phi) is 5.26. The van der Waals surface area contributed by atoms with E-state index in [1.165, 1.54) is 19.1 Å². The van der Waals surface area contributed by atoms with Gasteiger partial charge in [0.15, 0.2) is 11.6 Å². The van der Waals surface area contributed by atoms with Gasteiger partial charge in [0.2, 0.25) is 5.91 Å². The number of hydrogen-bond donors (Lipinski definition) is 2. The van der Waals surface area contributed by atoms with Crippen LogP contribution in [0.1, 0.15) is 17.5 Å². The normalized spacial score (nSPS) is 16.4. The molecule has 154 valence electrons. The van der Waals surface area contributed by atoms with Gasteiger partial charge in [-0.15, -0.1) is 0 Å². The zero-order chi connectivity index (χ0) is 21.7. The standard InChI is InChI=1S/C18H15ClF2N2O5S/c1-8-4-16(9(2)3-10(8)19)29(27,28)23-14-6-12(21)11(20)5-13(14)22-18(26)15(23)7-17(24)25/h3-6,15H,7H2,1-2H3,(H,22,26)(H,24,25). The fourth-order valence-corrected chi connectivity index (χ4v) is 5.22. The molecule has 1 atom stereocenters. The van der Waals surface area contributed by atoms with E-state index in [0.717, 1.165) is 0 Å². The number of nitrogens with zero attached hydrogens (tertiary/aromatic N) is 1. The lowest BCUT2D eigenvalue weighted by molar-refractivity contribution is -0.138. The summed E-state index contributed by atoms with van der Waals surface area (Å²) in [7, 11) is -4.54. The Labute approximate surface area is 169 Å². The molecule has 29 heavy (non-hydrogen) atoms. The Morgan fingerprint density at radius 3 is 2.41 bits per heavy atom. The molecule has 3 rings (SSSR count). The van der Waals surface area contributed by atoms with E-state index in [2.05, 4.69) is 5.32 Å². The summed E-state index contributed by atoms with van der Waals surface area (Å²) in [5.41, 5.74) is 0.00610.